The normalized spacial score (nSPS) is 10.6. The van der Waals surface area contributed by atoms with Crippen LogP contribution >= 0.6 is 0 Å². The molecule has 0 saturated carbocycles. The zero-order chi connectivity index (χ0) is 15.0. The van der Waals surface area contributed by atoms with Crippen molar-refractivity contribution in [2.75, 3.05) is 5.32 Å². The summed E-state index contributed by atoms with van der Waals surface area (Å²) in [5, 5.41) is 2.95. The van der Waals surface area contributed by atoms with Crippen LogP contribution in [0.5, 0.6) is 0 Å². The highest BCUT2D eigenvalue weighted by Crippen LogP contribution is 2.17. The molecule has 0 radical (unpaired) electrons. The van der Waals surface area contributed by atoms with Crippen molar-refractivity contribution in [3.8, 4) is 0 Å². The molecule has 1 N–H and O–H groups in total. The number of benzene rings is 1. The second kappa shape index (κ2) is 8.51. The summed E-state index contributed by atoms with van der Waals surface area (Å²) in [7, 11) is 0. The van der Waals surface area contributed by atoms with E-state index < -0.39 is 0 Å². The van der Waals surface area contributed by atoms with Gasteiger partial charge in [-0.05, 0) is 37.1 Å². The summed E-state index contributed by atoms with van der Waals surface area (Å²) in [6, 6.07) is 7.15. The van der Waals surface area contributed by atoms with E-state index in [4.69, 9.17) is 0 Å². The molecule has 0 aromatic heterocycles. The lowest BCUT2D eigenvalue weighted by Crippen LogP contribution is -2.22. The van der Waals surface area contributed by atoms with Crippen LogP contribution in [0.3, 0.4) is 0 Å². The minimum Gasteiger partial charge on any atom is -0.326 e. The number of carbonyl (C=O) groups is 2. The zero-order valence-electron chi connectivity index (χ0n) is 12.7. The highest BCUT2D eigenvalue weighted by atomic mass is 16.2. The van der Waals surface area contributed by atoms with Crippen LogP contribution in [0.25, 0.3) is 0 Å². The minimum absolute atomic E-state index is 0.0851. The van der Waals surface area contributed by atoms with Gasteiger partial charge in [-0.25, -0.2) is 0 Å². The molecule has 0 atom stereocenters. The summed E-state index contributed by atoms with van der Waals surface area (Å²) in [5.74, 6) is 0.294. The van der Waals surface area contributed by atoms with Crippen LogP contribution in [0.4, 0.5) is 5.69 Å². The number of hydrogen-bond donors (Lipinski definition) is 1. The lowest BCUT2D eigenvalue weighted by Gasteiger charge is -2.15. The van der Waals surface area contributed by atoms with Crippen LogP contribution in [0, 0.1) is 5.92 Å². The summed E-state index contributed by atoms with van der Waals surface area (Å²) in [5.41, 5.74) is 1.46. The molecular formula is C17H25NO2. The Morgan fingerprint density at radius 1 is 1.00 bits per heavy atom. The third-order valence-corrected chi connectivity index (χ3v) is 3.44. The molecule has 20 heavy (non-hydrogen) atoms. The van der Waals surface area contributed by atoms with Crippen molar-refractivity contribution >= 4 is 17.4 Å². The van der Waals surface area contributed by atoms with Gasteiger partial charge in [0.25, 0.3) is 0 Å². The molecule has 0 unspecified atom stereocenters. The molecule has 1 aromatic rings. The zero-order valence-corrected chi connectivity index (χ0v) is 12.7. The first-order valence-corrected chi connectivity index (χ1v) is 7.56. The summed E-state index contributed by atoms with van der Waals surface area (Å²) >= 11 is 0. The van der Waals surface area contributed by atoms with E-state index in [2.05, 4.69) is 19.2 Å². The van der Waals surface area contributed by atoms with Crippen LogP contribution in [0.1, 0.15) is 63.2 Å². The largest absolute Gasteiger partial charge is 0.326 e. The number of ketones is 1. The van der Waals surface area contributed by atoms with Gasteiger partial charge in [0, 0.05) is 23.6 Å². The van der Waals surface area contributed by atoms with E-state index in [1.54, 1.807) is 24.3 Å². The van der Waals surface area contributed by atoms with Crippen molar-refractivity contribution < 1.29 is 9.59 Å². The van der Waals surface area contributed by atoms with Gasteiger partial charge in [0.1, 0.15) is 0 Å². The smallest absolute Gasteiger partial charge is 0.227 e. The average molecular weight is 275 g/mol. The van der Waals surface area contributed by atoms with Gasteiger partial charge in [0.05, 0.1) is 0 Å². The van der Waals surface area contributed by atoms with Gasteiger partial charge in [0.15, 0.2) is 5.78 Å². The summed E-state index contributed by atoms with van der Waals surface area (Å²) in [6.07, 6.45) is 4.38. The first kappa shape index (κ1) is 16.4. The first-order valence-electron chi connectivity index (χ1n) is 7.56. The Hall–Kier alpha value is -1.64. The number of carbonyl (C=O) groups excluding carboxylic acids is 2. The molecule has 0 fully saturated rings. The Morgan fingerprint density at radius 3 is 2.00 bits per heavy atom. The van der Waals surface area contributed by atoms with Crippen LogP contribution < -0.4 is 5.32 Å². The van der Waals surface area contributed by atoms with Crippen LogP contribution in [-0.2, 0) is 4.79 Å². The molecular weight excluding hydrogens is 250 g/mol. The Balaban J connectivity index is 2.67. The fourth-order valence-electron chi connectivity index (χ4n) is 2.29. The van der Waals surface area contributed by atoms with Crippen molar-refractivity contribution in [1.82, 2.24) is 0 Å². The van der Waals surface area contributed by atoms with Gasteiger partial charge in [-0.1, -0.05) is 33.6 Å². The lowest BCUT2D eigenvalue weighted by atomic mass is 9.97. The molecule has 0 aliphatic heterocycles. The molecule has 110 valence electrons. The molecule has 1 rings (SSSR count). The van der Waals surface area contributed by atoms with Gasteiger partial charge < -0.3 is 5.32 Å². The molecule has 0 bridgehead atoms. The highest BCUT2D eigenvalue weighted by molar-refractivity contribution is 5.97. The quantitative estimate of drug-likeness (QED) is 0.713. The molecule has 0 saturated heterocycles. The predicted molar refractivity (Wildman–Crippen MR) is 83.0 cm³/mol. The topological polar surface area (TPSA) is 46.2 Å². The third-order valence-electron chi connectivity index (χ3n) is 3.44. The Kier molecular flexibility index (Phi) is 6.99. The number of nitrogens with one attached hydrogen (secondary N) is 1. The monoisotopic (exact) mass is 275 g/mol. The second-order valence-electron chi connectivity index (χ2n) is 5.12. The number of rotatable bonds is 8. The minimum atomic E-state index is 0.0851. The van der Waals surface area contributed by atoms with Crippen molar-refractivity contribution in [3.63, 3.8) is 0 Å². The van der Waals surface area contributed by atoms with Gasteiger partial charge in [-0.2, -0.15) is 0 Å². The number of amides is 1. The molecule has 0 aliphatic rings. The highest BCUT2D eigenvalue weighted by Gasteiger charge is 2.16. The molecule has 3 heteroatoms. The molecule has 1 amide bonds. The van der Waals surface area contributed by atoms with E-state index >= 15 is 0 Å². The van der Waals surface area contributed by atoms with Gasteiger partial charge >= 0.3 is 0 Å². The molecule has 0 aliphatic carbocycles. The Labute approximate surface area is 121 Å². The standard InChI is InChI=1S/C17H25NO2/c1-4-7-14(8-5-2)17(20)18-15-11-9-13(10-12-15)16(19)6-3/h9-12,14H,4-8H2,1-3H3,(H,18,20). The van der Waals surface area contributed by atoms with Crippen molar-refractivity contribution in [3.05, 3.63) is 29.8 Å². The fourth-order valence-corrected chi connectivity index (χ4v) is 2.29. The maximum Gasteiger partial charge on any atom is 0.227 e. The lowest BCUT2D eigenvalue weighted by molar-refractivity contribution is -0.120. The average Bonchev–Trinajstić information content (AvgIpc) is 2.47. The molecule has 0 spiro atoms. The summed E-state index contributed by atoms with van der Waals surface area (Å²) in [4.78, 5) is 23.7. The molecule has 3 nitrogen and oxygen atoms in total. The molecule has 1 aromatic carbocycles. The van der Waals surface area contributed by atoms with Crippen molar-refractivity contribution in [2.45, 2.75) is 52.9 Å². The second-order valence-corrected chi connectivity index (χ2v) is 5.12. The predicted octanol–water partition coefficient (Wildman–Crippen LogP) is 4.43. The summed E-state index contributed by atoms with van der Waals surface area (Å²) < 4.78 is 0. The fraction of sp³-hybridized carbons (Fsp3) is 0.529. The van der Waals surface area contributed by atoms with E-state index in [1.807, 2.05) is 6.92 Å². The van der Waals surface area contributed by atoms with E-state index in [0.717, 1.165) is 31.4 Å². The molecule has 0 heterocycles. The Bertz CT molecular complexity index is 431. The van der Waals surface area contributed by atoms with E-state index in [9.17, 15) is 9.59 Å². The first-order chi connectivity index (χ1) is 9.62. The maximum absolute atomic E-state index is 12.2. The number of anilines is 1. The van der Waals surface area contributed by atoms with Crippen LogP contribution in [0.15, 0.2) is 24.3 Å². The van der Waals surface area contributed by atoms with Crippen molar-refractivity contribution in [1.29, 1.82) is 0 Å². The number of hydrogen-bond acceptors (Lipinski definition) is 2. The SMILES string of the molecule is CCCC(CCC)C(=O)Nc1ccc(C(=O)CC)cc1. The van der Waals surface area contributed by atoms with Crippen molar-refractivity contribution in [2.24, 2.45) is 5.92 Å². The van der Waals surface area contributed by atoms with E-state index in [0.29, 0.717) is 12.0 Å². The van der Waals surface area contributed by atoms with Crippen LogP contribution in [0.2, 0.25) is 0 Å². The summed E-state index contributed by atoms with van der Waals surface area (Å²) in [6.45, 7) is 6.04. The Morgan fingerprint density at radius 2 is 1.55 bits per heavy atom. The van der Waals surface area contributed by atoms with E-state index in [-0.39, 0.29) is 17.6 Å². The van der Waals surface area contributed by atoms with Crippen LogP contribution in [-0.4, -0.2) is 11.7 Å². The van der Waals surface area contributed by atoms with Gasteiger partial charge in [0.2, 0.25) is 5.91 Å². The van der Waals surface area contributed by atoms with Gasteiger partial charge in [-0.3, -0.25) is 9.59 Å². The maximum atomic E-state index is 12.2. The van der Waals surface area contributed by atoms with Gasteiger partial charge in [-0.15, -0.1) is 0 Å². The third kappa shape index (κ3) is 4.80. The van der Waals surface area contributed by atoms with E-state index in [1.165, 1.54) is 0 Å². The number of Topliss-reactive ketones (excluding diaryl/α,β-unsaturated/α-hetero) is 1.